The summed E-state index contributed by atoms with van der Waals surface area (Å²) in [4.78, 5) is 23.0. The summed E-state index contributed by atoms with van der Waals surface area (Å²) in [6, 6.07) is 3.40. The minimum atomic E-state index is -0.240. The van der Waals surface area contributed by atoms with Gasteiger partial charge in [0.15, 0.2) is 5.82 Å². The Morgan fingerprint density at radius 1 is 1.52 bits per heavy atom. The molecule has 7 heteroatoms. The van der Waals surface area contributed by atoms with Crippen LogP contribution in [0.3, 0.4) is 0 Å². The third kappa shape index (κ3) is 3.61. The second-order valence-electron chi connectivity index (χ2n) is 5.30. The molecule has 3 rings (SSSR count). The number of hydrogen-bond acceptors (Lipinski definition) is 6. The lowest BCUT2D eigenvalue weighted by molar-refractivity contribution is -0.122. The Morgan fingerprint density at radius 2 is 2.43 bits per heavy atom. The first kappa shape index (κ1) is 15.3. The summed E-state index contributed by atoms with van der Waals surface area (Å²) >= 11 is 0. The van der Waals surface area contributed by atoms with E-state index in [1.54, 1.807) is 24.7 Å². The average Bonchev–Trinajstić information content (AvgIpc) is 3.25. The number of nitrogens with zero attached hydrogens (tertiary/aromatic N) is 3. The molecule has 1 fully saturated rings. The van der Waals surface area contributed by atoms with Crippen molar-refractivity contribution in [1.82, 2.24) is 15.3 Å². The summed E-state index contributed by atoms with van der Waals surface area (Å²) in [7, 11) is 0. The molecule has 0 bridgehead atoms. The highest BCUT2D eigenvalue weighted by molar-refractivity contribution is 5.85. The van der Waals surface area contributed by atoms with Gasteiger partial charge in [0.1, 0.15) is 11.8 Å². The third-order valence-corrected chi connectivity index (χ3v) is 3.76. The van der Waals surface area contributed by atoms with Gasteiger partial charge >= 0.3 is 0 Å². The van der Waals surface area contributed by atoms with Crippen molar-refractivity contribution < 1.29 is 13.9 Å². The van der Waals surface area contributed by atoms with Crippen molar-refractivity contribution in [1.29, 1.82) is 0 Å². The Hall–Kier alpha value is -2.57. The van der Waals surface area contributed by atoms with Gasteiger partial charge in [0.2, 0.25) is 11.8 Å². The molecule has 1 aliphatic heterocycles. The molecular weight excluding hydrogens is 296 g/mol. The van der Waals surface area contributed by atoms with E-state index in [-0.39, 0.29) is 11.9 Å². The van der Waals surface area contributed by atoms with Crippen molar-refractivity contribution in [2.24, 2.45) is 0 Å². The molecule has 1 aliphatic rings. The molecule has 122 valence electrons. The smallest absolute Gasteiger partial charge is 0.243 e. The van der Waals surface area contributed by atoms with Gasteiger partial charge in [-0.15, -0.1) is 0 Å². The number of rotatable bonds is 6. The maximum absolute atomic E-state index is 12.5. The van der Waals surface area contributed by atoms with Gasteiger partial charge in [0.25, 0.3) is 0 Å². The molecule has 1 N–H and O–H groups in total. The summed E-state index contributed by atoms with van der Waals surface area (Å²) < 4.78 is 10.6. The molecule has 3 heterocycles. The highest BCUT2D eigenvalue weighted by Gasteiger charge is 2.32. The minimum absolute atomic E-state index is 0.0255. The number of anilines is 1. The Bertz CT molecular complexity index is 645. The molecule has 7 nitrogen and oxygen atoms in total. The second kappa shape index (κ2) is 7.13. The van der Waals surface area contributed by atoms with E-state index in [0.717, 1.165) is 25.1 Å². The molecule has 0 aromatic carbocycles. The fraction of sp³-hybridized carbons (Fsp3) is 0.438. The van der Waals surface area contributed by atoms with Crippen molar-refractivity contribution >= 4 is 11.7 Å². The molecule has 1 amide bonds. The van der Waals surface area contributed by atoms with Crippen LogP contribution in [0.1, 0.15) is 25.5 Å². The van der Waals surface area contributed by atoms with Crippen LogP contribution in [0.5, 0.6) is 5.88 Å². The largest absolute Gasteiger partial charge is 0.477 e. The topological polar surface area (TPSA) is 80.5 Å². The fourth-order valence-electron chi connectivity index (χ4n) is 2.71. The number of carbonyl (C=O) groups is 1. The Kier molecular flexibility index (Phi) is 4.75. The summed E-state index contributed by atoms with van der Waals surface area (Å²) in [5.41, 5.74) is 0. The normalized spacial score (nSPS) is 17.3. The Balaban J connectivity index is 1.67. The fourth-order valence-corrected chi connectivity index (χ4v) is 2.71. The summed E-state index contributed by atoms with van der Waals surface area (Å²) in [5.74, 6) is 1.86. The lowest BCUT2D eigenvalue weighted by atomic mass is 10.2. The van der Waals surface area contributed by atoms with E-state index in [2.05, 4.69) is 15.3 Å². The van der Waals surface area contributed by atoms with Crippen molar-refractivity contribution in [3.05, 3.63) is 36.5 Å². The predicted molar refractivity (Wildman–Crippen MR) is 84.1 cm³/mol. The minimum Gasteiger partial charge on any atom is -0.477 e. The first-order valence-corrected chi connectivity index (χ1v) is 7.79. The number of amides is 1. The van der Waals surface area contributed by atoms with Crippen molar-refractivity contribution in [2.75, 3.05) is 18.1 Å². The van der Waals surface area contributed by atoms with Gasteiger partial charge in [0, 0.05) is 6.54 Å². The highest BCUT2D eigenvalue weighted by Crippen LogP contribution is 2.25. The first-order valence-electron chi connectivity index (χ1n) is 7.79. The van der Waals surface area contributed by atoms with E-state index >= 15 is 0 Å². The zero-order valence-corrected chi connectivity index (χ0v) is 13.1. The molecule has 0 radical (unpaired) electrons. The molecule has 1 unspecified atom stereocenters. The Morgan fingerprint density at radius 3 is 3.22 bits per heavy atom. The molecular formula is C16H20N4O3. The van der Waals surface area contributed by atoms with Crippen molar-refractivity contribution in [2.45, 2.75) is 32.4 Å². The van der Waals surface area contributed by atoms with Crippen LogP contribution in [0.4, 0.5) is 5.82 Å². The summed E-state index contributed by atoms with van der Waals surface area (Å²) in [5, 5.41) is 2.91. The molecule has 23 heavy (non-hydrogen) atoms. The number of carbonyl (C=O) groups excluding carboxylic acids is 1. The number of furan rings is 1. The lowest BCUT2D eigenvalue weighted by Crippen LogP contribution is -2.43. The predicted octanol–water partition coefficient (Wildman–Crippen LogP) is 1.75. The molecule has 1 atom stereocenters. The van der Waals surface area contributed by atoms with Gasteiger partial charge in [0.05, 0.1) is 31.8 Å². The van der Waals surface area contributed by atoms with Crippen LogP contribution in [-0.2, 0) is 11.3 Å². The number of nitrogens with one attached hydrogen (secondary N) is 1. The SMILES string of the molecule is CCOc1cncc(N2CCCC2C(=O)NCc2ccco2)n1. The molecule has 0 spiro atoms. The van der Waals surface area contributed by atoms with Crippen LogP contribution in [0.15, 0.2) is 35.2 Å². The number of ether oxygens (including phenoxy) is 1. The maximum atomic E-state index is 12.5. The van der Waals surface area contributed by atoms with Gasteiger partial charge in [-0.1, -0.05) is 0 Å². The van der Waals surface area contributed by atoms with Gasteiger partial charge < -0.3 is 19.4 Å². The monoisotopic (exact) mass is 316 g/mol. The van der Waals surface area contributed by atoms with Crippen LogP contribution in [0, 0.1) is 0 Å². The zero-order valence-electron chi connectivity index (χ0n) is 13.1. The lowest BCUT2D eigenvalue weighted by Gasteiger charge is -2.24. The van der Waals surface area contributed by atoms with Gasteiger partial charge in [-0.25, -0.2) is 0 Å². The molecule has 2 aromatic rings. The van der Waals surface area contributed by atoms with E-state index in [4.69, 9.17) is 9.15 Å². The number of aromatic nitrogens is 2. The van der Waals surface area contributed by atoms with Crippen LogP contribution in [-0.4, -0.2) is 35.1 Å². The zero-order chi connectivity index (χ0) is 16.1. The van der Waals surface area contributed by atoms with Gasteiger partial charge in [-0.2, -0.15) is 4.98 Å². The average molecular weight is 316 g/mol. The van der Waals surface area contributed by atoms with E-state index in [1.807, 2.05) is 17.9 Å². The standard InChI is InChI=1S/C16H20N4O3/c1-2-22-15-11-17-10-14(19-15)20-7-3-6-13(20)16(21)18-9-12-5-4-8-23-12/h4-5,8,10-11,13H,2-3,6-7,9H2,1H3,(H,18,21). The van der Waals surface area contributed by atoms with Crippen molar-refractivity contribution in [3.8, 4) is 5.88 Å². The summed E-state index contributed by atoms with van der Waals surface area (Å²) in [6.45, 7) is 3.60. The highest BCUT2D eigenvalue weighted by atomic mass is 16.5. The molecule has 2 aromatic heterocycles. The van der Waals surface area contributed by atoms with Crippen LogP contribution >= 0.6 is 0 Å². The van der Waals surface area contributed by atoms with E-state index in [9.17, 15) is 4.79 Å². The second-order valence-corrected chi connectivity index (χ2v) is 5.30. The van der Waals surface area contributed by atoms with E-state index in [1.165, 1.54) is 0 Å². The van der Waals surface area contributed by atoms with Crippen molar-refractivity contribution in [3.63, 3.8) is 0 Å². The van der Waals surface area contributed by atoms with E-state index in [0.29, 0.717) is 24.8 Å². The first-order chi connectivity index (χ1) is 11.3. The van der Waals surface area contributed by atoms with Crippen LogP contribution < -0.4 is 15.0 Å². The Labute approximate surface area is 134 Å². The maximum Gasteiger partial charge on any atom is 0.243 e. The van der Waals surface area contributed by atoms with Gasteiger partial charge in [-0.3, -0.25) is 9.78 Å². The third-order valence-electron chi connectivity index (χ3n) is 3.76. The van der Waals surface area contributed by atoms with Gasteiger partial charge in [-0.05, 0) is 31.9 Å². The summed E-state index contributed by atoms with van der Waals surface area (Å²) in [6.07, 6.45) is 6.58. The van der Waals surface area contributed by atoms with Crippen LogP contribution in [0.25, 0.3) is 0 Å². The molecule has 1 saturated heterocycles. The van der Waals surface area contributed by atoms with E-state index < -0.39 is 0 Å². The quantitative estimate of drug-likeness (QED) is 0.874. The van der Waals surface area contributed by atoms with Crippen LogP contribution in [0.2, 0.25) is 0 Å². The molecule has 0 aliphatic carbocycles. The molecule has 0 saturated carbocycles. The number of hydrogen-bond donors (Lipinski definition) is 1.